The van der Waals surface area contributed by atoms with Gasteiger partial charge in [-0.05, 0) is 50.0 Å². The second-order valence-electron chi connectivity index (χ2n) is 6.81. The van der Waals surface area contributed by atoms with Gasteiger partial charge in [0.25, 0.3) is 5.91 Å². The summed E-state index contributed by atoms with van der Waals surface area (Å²) in [6, 6.07) is 7.69. The molecule has 0 radical (unpaired) electrons. The molecular weight excluding hydrogens is 316 g/mol. The van der Waals surface area contributed by atoms with Gasteiger partial charge in [-0.25, -0.2) is 0 Å². The van der Waals surface area contributed by atoms with E-state index >= 15 is 0 Å². The van der Waals surface area contributed by atoms with E-state index in [-0.39, 0.29) is 11.8 Å². The maximum atomic E-state index is 12.4. The van der Waals surface area contributed by atoms with Gasteiger partial charge < -0.3 is 15.0 Å². The molecule has 5 heteroatoms. The molecule has 1 saturated heterocycles. The van der Waals surface area contributed by atoms with Crippen LogP contribution in [0.2, 0.25) is 0 Å². The van der Waals surface area contributed by atoms with Gasteiger partial charge in [0, 0.05) is 43.3 Å². The highest BCUT2D eigenvalue weighted by Gasteiger charge is 2.23. The number of ether oxygens (including phenoxy) is 1. The third kappa shape index (κ3) is 5.16. The number of likely N-dealkylation sites (N-methyl/N-ethyl adjacent to an activating group) is 1. The Balaban J connectivity index is 1.54. The van der Waals surface area contributed by atoms with Crippen LogP contribution in [0.4, 0.5) is 0 Å². The first kappa shape index (κ1) is 17.7. The highest BCUT2D eigenvalue weighted by atomic mass is 16.5. The average molecular weight is 342 g/mol. The first-order valence-electron chi connectivity index (χ1n) is 9.11. The van der Waals surface area contributed by atoms with E-state index in [0.717, 1.165) is 44.6 Å². The van der Waals surface area contributed by atoms with Crippen molar-refractivity contribution in [3.63, 3.8) is 0 Å². The summed E-state index contributed by atoms with van der Waals surface area (Å²) < 4.78 is 5.38. The van der Waals surface area contributed by atoms with Crippen molar-refractivity contribution in [2.45, 2.75) is 32.2 Å². The molecule has 1 saturated carbocycles. The highest BCUT2D eigenvalue weighted by Crippen LogP contribution is 2.19. The van der Waals surface area contributed by atoms with Crippen molar-refractivity contribution in [2.75, 3.05) is 26.3 Å². The summed E-state index contributed by atoms with van der Waals surface area (Å²) in [6.45, 7) is 4.99. The molecule has 0 aromatic heterocycles. The van der Waals surface area contributed by atoms with Crippen LogP contribution in [0.15, 0.2) is 30.3 Å². The summed E-state index contributed by atoms with van der Waals surface area (Å²) in [5.41, 5.74) is 1.57. The second kappa shape index (κ2) is 8.30. The Hall–Kier alpha value is -2.14. The normalized spacial score (nSPS) is 20.0. The topological polar surface area (TPSA) is 58.6 Å². The standard InChI is InChI=1S/C20H26N2O3/c1-2-22(13-16-11-12-25-14-16)19(23)10-5-15-3-6-17(7-4-15)20(24)21-18-8-9-18/h3-7,10,16,18H,2,8-9,11-14H2,1H3,(H,21,24)/b10-5+/t16-/m1/s1. The van der Waals surface area contributed by atoms with Gasteiger partial charge in [-0.2, -0.15) is 0 Å². The fraction of sp³-hybridized carbons (Fsp3) is 0.500. The fourth-order valence-corrected chi connectivity index (χ4v) is 2.93. The number of hydrogen-bond acceptors (Lipinski definition) is 3. The van der Waals surface area contributed by atoms with E-state index in [4.69, 9.17) is 4.74 Å². The minimum absolute atomic E-state index is 0.0185. The molecule has 5 nitrogen and oxygen atoms in total. The largest absolute Gasteiger partial charge is 0.381 e. The quantitative estimate of drug-likeness (QED) is 0.775. The zero-order chi connectivity index (χ0) is 17.6. The van der Waals surface area contributed by atoms with Crippen molar-refractivity contribution in [1.82, 2.24) is 10.2 Å². The lowest BCUT2D eigenvalue weighted by Gasteiger charge is -2.22. The summed E-state index contributed by atoms with van der Waals surface area (Å²) in [7, 11) is 0. The van der Waals surface area contributed by atoms with Crippen LogP contribution in [-0.2, 0) is 9.53 Å². The molecule has 1 aliphatic carbocycles. The van der Waals surface area contributed by atoms with E-state index in [1.165, 1.54) is 0 Å². The third-order valence-electron chi connectivity index (χ3n) is 4.70. The number of hydrogen-bond donors (Lipinski definition) is 1. The van der Waals surface area contributed by atoms with E-state index in [2.05, 4.69) is 5.32 Å². The Labute approximate surface area is 149 Å². The average Bonchev–Trinajstić information content (AvgIpc) is 3.29. The Kier molecular flexibility index (Phi) is 5.87. The maximum absolute atomic E-state index is 12.4. The van der Waals surface area contributed by atoms with Gasteiger partial charge in [-0.3, -0.25) is 9.59 Å². The van der Waals surface area contributed by atoms with Crippen molar-refractivity contribution < 1.29 is 14.3 Å². The number of nitrogens with one attached hydrogen (secondary N) is 1. The fourth-order valence-electron chi connectivity index (χ4n) is 2.93. The smallest absolute Gasteiger partial charge is 0.251 e. The molecule has 0 unspecified atom stereocenters. The van der Waals surface area contributed by atoms with Crippen LogP contribution in [0.3, 0.4) is 0 Å². The zero-order valence-electron chi connectivity index (χ0n) is 14.7. The predicted molar refractivity (Wildman–Crippen MR) is 97.1 cm³/mol. The molecule has 2 aliphatic rings. The molecule has 0 spiro atoms. The van der Waals surface area contributed by atoms with Crippen molar-refractivity contribution in [3.05, 3.63) is 41.5 Å². The van der Waals surface area contributed by atoms with E-state index in [1.807, 2.05) is 24.0 Å². The maximum Gasteiger partial charge on any atom is 0.251 e. The lowest BCUT2D eigenvalue weighted by Crippen LogP contribution is -2.34. The molecule has 1 heterocycles. The number of nitrogens with zero attached hydrogens (tertiary/aromatic N) is 1. The van der Waals surface area contributed by atoms with Gasteiger partial charge in [-0.1, -0.05) is 12.1 Å². The molecule has 2 amide bonds. The summed E-state index contributed by atoms with van der Waals surface area (Å²) >= 11 is 0. The molecule has 1 aromatic rings. The molecule has 1 aliphatic heterocycles. The summed E-state index contributed by atoms with van der Waals surface area (Å²) in [5.74, 6) is 0.441. The van der Waals surface area contributed by atoms with E-state index < -0.39 is 0 Å². The van der Waals surface area contributed by atoms with Crippen LogP contribution in [0.5, 0.6) is 0 Å². The van der Waals surface area contributed by atoms with Gasteiger partial charge in [0.2, 0.25) is 5.91 Å². The number of benzene rings is 1. The molecule has 1 aromatic carbocycles. The van der Waals surface area contributed by atoms with Crippen LogP contribution in [-0.4, -0.2) is 49.1 Å². The minimum Gasteiger partial charge on any atom is -0.381 e. The van der Waals surface area contributed by atoms with Gasteiger partial charge in [-0.15, -0.1) is 0 Å². The van der Waals surface area contributed by atoms with Gasteiger partial charge in [0.05, 0.1) is 6.61 Å². The second-order valence-corrected chi connectivity index (χ2v) is 6.81. The first-order chi connectivity index (χ1) is 12.2. The van der Waals surface area contributed by atoms with Gasteiger partial charge in [0.1, 0.15) is 0 Å². The van der Waals surface area contributed by atoms with Gasteiger partial charge in [0.15, 0.2) is 0 Å². The van der Waals surface area contributed by atoms with Crippen LogP contribution in [0, 0.1) is 5.92 Å². The third-order valence-corrected chi connectivity index (χ3v) is 4.70. The number of carbonyl (C=O) groups is 2. The molecule has 2 fully saturated rings. The number of carbonyl (C=O) groups excluding carboxylic acids is 2. The minimum atomic E-state index is -0.0231. The van der Waals surface area contributed by atoms with Crippen molar-refractivity contribution in [2.24, 2.45) is 5.92 Å². The summed E-state index contributed by atoms with van der Waals surface area (Å²) in [4.78, 5) is 26.2. The van der Waals surface area contributed by atoms with Crippen molar-refractivity contribution in [3.8, 4) is 0 Å². The molecule has 25 heavy (non-hydrogen) atoms. The highest BCUT2D eigenvalue weighted by molar-refractivity contribution is 5.95. The summed E-state index contributed by atoms with van der Waals surface area (Å²) in [5, 5.41) is 2.97. The van der Waals surface area contributed by atoms with Gasteiger partial charge >= 0.3 is 0 Å². The molecule has 1 atom stereocenters. The lowest BCUT2D eigenvalue weighted by atomic mass is 10.1. The first-order valence-corrected chi connectivity index (χ1v) is 9.11. The molecular formula is C20H26N2O3. The monoisotopic (exact) mass is 342 g/mol. The van der Waals surface area contributed by atoms with Crippen LogP contribution >= 0.6 is 0 Å². The predicted octanol–water partition coefficient (Wildman–Crippen LogP) is 2.48. The van der Waals surface area contributed by atoms with Crippen LogP contribution in [0.25, 0.3) is 6.08 Å². The number of amides is 2. The molecule has 0 bridgehead atoms. The van der Waals surface area contributed by atoms with Crippen LogP contribution in [0.1, 0.15) is 42.1 Å². The molecule has 134 valence electrons. The SMILES string of the molecule is CCN(C[C@H]1CCOC1)C(=O)/C=C/c1ccc(C(=O)NC2CC2)cc1. The van der Waals surface area contributed by atoms with E-state index in [9.17, 15) is 9.59 Å². The summed E-state index contributed by atoms with van der Waals surface area (Å²) in [6.07, 6.45) is 6.60. The van der Waals surface area contributed by atoms with Crippen molar-refractivity contribution in [1.29, 1.82) is 0 Å². The van der Waals surface area contributed by atoms with Crippen molar-refractivity contribution >= 4 is 17.9 Å². The Morgan fingerprint density at radius 2 is 2.00 bits per heavy atom. The van der Waals surface area contributed by atoms with Crippen LogP contribution < -0.4 is 5.32 Å². The Morgan fingerprint density at radius 3 is 2.60 bits per heavy atom. The zero-order valence-corrected chi connectivity index (χ0v) is 14.7. The van der Waals surface area contributed by atoms with E-state index in [0.29, 0.717) is 24.1 Å². The Morgan fingerprint density at radius 1 is 1.24 bits per heavy atom. The van der Waals surface area contributed by atoms with E-state index in [1.54, 1.807) is 24.3 Å². The number of rotatable bonds is 7. The molecule has 1 N–H and O–H groups in total. The lowest BCUT2D eigenvalue weighted by molar-refractivity contribution is -0.126. The molecule has 3 rings (SSSR count). The Bertz CT molecular complexity index is 629.